The first kappa shape index (κ1) is 17.4. The van der Waals surface area contributed by atoms with Crippen molar-refractivity contribution in [2.45, 2.75) is 51.9 Å². The highest BCUT2D eigenvalue weighted by molar-refractivity contribution is 7.37. The molecule has 4 rings (SSSR count). The molecule has 1 aliphatic carbocycles. The Morgan fingerprint density at radius 1 is 1.19 bits per heavy atom. The topological polar surface area (TPSA) is 48.0 Å². The number of aryl methyl sites for hydroxylation is 1. The lowest BCUT2D eigenvalue weighted by atomic mass is 9.81. The van der Waals surface area contributed by atoms with Crippen LogP contribution in [0.2, 0.25) is 0 Å². The highest BCUT2D eigenvalue weighted by Crippen LogP contribution is 2.36. The second-order valence-corrected chi connectivity index (χ2v) is 8.11. The van der Waals surface area contributed by atoms with Gasteiger partial charge in [0, 0.05) is 34.6 Å². The lowest BCUT2D eigenvalue weighted by Crippen LogP contribution is -2.13. The van der Waals surface area contributed by atoms with Gasteiger partial charge < -0.3 is 0 Å². The van der Waals surface area contributed by atoms with Crippen LogP contribution in [0.25, 0.3) is 16.8 Å². The molecule has 0 aliphatic heterocycles. The number of nitrogens with zero attached hydrogens (tertiary/aromatic N) is 5. The predicted molar refractivity (Wildman–Crippen MR) is 108 cm³/mol. The first-order chi connectivity index (χ1) is 12.7. The van der Waals surface area contributed by atoms with Crippen molar-refractivity contribution in [1.82, 2.24) is 24.4 Å². The van der Waals surface area contributed by atoms with E-state index in [-0.39, 0.29) is 0 Å². The van der Waals surface area contributed by atoms with Crippen LogP contribution in [-0.4, -0.2) is 37.0 Å². The summed E-state index contributed by atoms with van der Waals surface area (Å²) in [7, 11) is 1.18. The zero-order chi connectivity index (χ0) is 18.1. The van der Waals surface area contributed by atoms with Crippen molar-refractivity contribution in [3.63, 3.8) is 0 Å². The fourth-order valence-corrected chi connectivity index (χ4v) is 4.29. The first-order valence-electron chi connectivity index (χ1n) is 9.54. The molecule has 6 heteroatoms. The second-order valence-electron chi connectivity index (χ2n) is 7.36. The van der Waals surface area contributed by atoms with E-state index < -0.39 is 0 Å². The zero-order valence-corrected chi connectivity index (χ0v) is 16.7. The first-order valence-corrected chi connectivity index (χ1v) is 10.9. The summed E-state index contributed by atoms with van der Waals surface area (Å²) in [4.78, 5) is 5.08. The average Bonchev–Trinajstić information content (AvgIpc) is 3.28. The maximum Gasteiger partial charge on any atom is 0.163 e. The van der Waals surface area contributed by atoms with E-state index in [0.29, 0.717) is 5.92 Å². The Morgan fingerprint density at radius 2 is 2.00 bits per heavy atom. The summed E-state index contributed by atoms with van der Waals surface area (Å²) in [6, 6.07) is 2.28. The monoisotopic (exact) mass is 367 g/mol. The molecule has 3 aromatic heterocycles. The van der Waals surface area contributed by atoms with Gasteiger partial charge in [-0.25, -0.2) is 14.2 Å². The van der Waals surface area contributed by atoms with E-state index in [2.05, 4.69) is 43.0 Å². The molecule has 0 spiro atoms. The van der Waals surface area contributed by atoms with Crippen molar-refractivity contribution < 1.29 is 0 Å². The summed E-state index contributed by atoms with van der Waals surface area (Å²) in [6.45, 7) is 6.64. The number of hydrogen-bond donors (Lipinski definition) is 0. The van der Waals surface area contributed by atoms with Crippen LogP contribution in [0.1, 0.15) is 56.8 Å². The van der Waals surface area contributed by atoms with Gasteiger partial charge in [-0.1, -0.05) is 34.9 Å². The maximum atomic E-state index is 5.08. The fraction of sp³-hybridized carbons (Fsp3) is 0.500. The van der Waals surface area contributed by atoms with E-state index in [9.17, 15) is 0 Å². The molecule has 1 saturated carbocycles. The Hall–Kier alpha value is -2.00. The minimum absolute atomic E-state index is 0.583. The molecule has 1 fully saturated rings. The highest BCUT2D eigenvalue weighted by Gasteiger charge is 2.23. The third-order valence-corrected chi connectivity index (χ3v) is 5.98. The van der Waals surface area contributed by atoms with Crippen molar-refractivity contribution in [3.05, 3.63) is 36.0 Å². The van der Waals surface area contributed by atoms with Gasteiger partial charge in [0.05, 0.1) is 18.3 Å². The normalized spacial score (nSPS) is 21.0. The van der Waals surface area contributed by atoms with Crippen molar-refractivity contribution >= 4 is 19.8 Å². The molecule has 136 valence electrons. The van der Waals surface area contributed by atoms with Crippen molar-refractivity contribution in [1.29, 1.82) is 0 Å². The summed E-state index contributed by atoms with van der Waals surface area (Å²) in [5, 5.41) is 9.05. The Labute approximate surface area is 156 Å². The van der Waals surface area contributed by atoms with E-state index in [4.69, 9.17) is 4.98 Å². The Bertz CT molecular complexity index is 931. The molecular weight excluding hydrogens is 341 g/mol. The SMILES string of the molecule is CCc1cc(C2CCC(C)CC2)nc2c(-c3cnn(C=PC)c3)cnn12. The smallest absolute Gasteiger partial charge is 0.163 e. The third-order valence-electron chi connectivity index (χ3n) is 5.51. The number of hydrogen-bond acceptors (Lipinski definition) is 3. The molecule has 0 saturated heterocycles. The third kappa shape index (κ3) is 3.21. The van der Waals surface area contributed by atoms with Crippen LogP contribution in [0.3, 0.4) is 0 Å². The van der Waals surface area contributed by atoms with Gasteiger partial charge in [0.1, 0.15) is 0 Å². The molecule has 0 N–H and O–H groups in total. The maximum absolute atomic E-state index is 5.08. The lowest BCUT2D eigenvalue weighted by Gasteiger charge is -2.26. The summed E-state index contributed by atoms with van der Waals surface area (Å²) in [6.07, 6.45) is 12.0. The van der Waals surface area contributed by atoms with Gasteiger partial charge in [-0.3, -0.25) is 0 Å². The van der Waals surface area contributed by atoms with Gasteiger partial charge in [-0.05, 0) is 37.9 Å². The Kier molecular flexibility index (Phi) is 4.90. The molecular formula is C20H26N5P. The van der Waals surface area contributed by atoms with Crippen LogP contribution in [0.4, 0.5) is 0 Å². The van der Waals surface area contributed by atoms with Gasteiger partial charge in [0.2, 0.25) is 0 Å². The van der Waals surface area contributed by atoms with Crippen LogP contribution in [-0.2, 0) is 6.42 Å². The molecule has 0 unspecified atom stereocenters. The van der Waals surface area contributed by atoms with Crippen LogP contribution >= 0.6 is 8.20 Å². The van der Waals surface area contributed by atoms with E-state index in [1.807, 2.05) is 27.5 Å². The molecule has 3 aromatic rings. The van der Waals surface area contributed by atoms with Gasteiger partial charge in [0.25, 0.3) is 0 Å². The van der Waals surface area contributed by atoms with E-state index in [1.54, 1.807) is 0 Å². The second kappa shape index (κ2) is 7.32. The molecule has 0 amide bonds. The minimum atomic E-state index is 0.583. The van der Waals surface area contributed by atoms with Gasteiger partial charge >= 0.3 is 0 Å². The summed E-state index contributed by atoms with van der Waals surface area (Å²) < 4.78 is 3.87. The standard InChI is InChI=1S/C20H26N5P/c1-4-17-9-19(15-7-5-14(2)6-8-15)23-20-18(11-22-25(17)20)16-10-21-24(12-16)13-26-3/h9-15H,4-8H2,1-3H3. The van der Waals surface area contributed by atoms with Crippen molar-refractivity contribution in [2.75, 3.05) is 6.66 Å². The molecule has 5 nitrogen and oxygen atoms in total. The molecule has 0 aromatic carbocycles. The van der Waals surface area contributed by atoms with Crippen LogP contribution in [0, 0.1) is 5.92 Å². The Balaban J connectivity index is 1.78. The van der Waals surface area contributed by atoms with E-state index >= 15 is 0 Å². The van der Waals surface area contributed by atoms with Gasteiger partial charge in [0.15, 0.2) is 5.65 Å². The minimum Gasteiger partial charge on any atom is -0.243 e. The Morgan fingerprint density at radius 3 is 2.73 bits per heavy atom. The van der Waals surface area contributed by atoms with Crippen LogP contribution in [0.5, 0.6) is 0 Å². The fourth-order valence-electron chi connectivity index (χ4n) is 3.93. The lowest BCUT2D eigenvalue weighted by molar-refractivity contribution is 0.344. The molecule has 26 heavy (non-hydrogen) atoms. The summed E-state index contributed by atoms with van der Waals surface area (Å²) in [5.74, 6) is 3.47. The molecule has 3 heterocycles. The van der Waals surface area contributed by atoms with Crippen molar-refractivity contribution in [2.24, 2.45) is 5.92 Å². The number of fused-ring (bicyclic) bond motifs is 1. The molecule has 0 radical (unpaired) electrons. The zero-order valence-electron chi connectivity index (χ0n) is 15.8. The molecule has 0 bridgehead atoms. The van der Waals surface area contributed by atoms with Crippen LogP contribution < -0.4 is 0 Å². The predicted octanol–water partition coefficient (Wildman–Crippen LogP) is 4.63. The molecule has 0 atom stereocenters. The number of rotatable bonds is 4. The summed E-state index contributed by atoms with van der Waals surface area (Å²) in [5.41, 5.74) is 5.59. The summed E-state index contributed by atoms with van der Waals surface area (Å²) >= 11 is 0. The quantitative estimate of drug-likeness (QED) is 0.632. The van der Waals surface area contributed by atoms with E-state index in [1.165, 1.54) is 45.3 Å². The average molecular weight is 367 g/mol. The van der Waals surface area contributed by atoms with Crippen LogP contribution in [0.15, 0.2) is 24.7 Å². The van der Waals surface area contributed by atoms with Gasteiger partial charge in [-0.2, -0.15) is 10.2 Å². The van der Waals surface area contributed by atoms with E-state index in [0.717, 1.165) is 29.1 Å². The highest BCUT2D eigenvalue weighted by atomic mass is 31.1. The number of aromatic nitrogens is 5. The van der Waals surface area contributed by atoms with Crippen molar-refractivity contribution in [3.8, 4) is 11.1 Å². The largest absolute Gasteiger partial charge is 0.243 e. The van der Waals surface area contributed by atoms with Gasteiger partial charge in [-0.15, -0.1) is 0 Å². The molecule has 1 aliphatic rings.